The van der Waals surface area contributed by atoms with Gasteiger partial charge in [0.1, 0.15) is 5.75 Å². The third-order valence-electron chi connectivity index (χ3n) is 4.55. The lowest BCUT2D eigenvalue weighted by atomic mass is 10.1. The van der Waals surface area contributed by atoms with Crippen LogP contribution in [-0.2, 0) is 11.3 Å². The molecule has 30 heavy (non-hydrogen) atoms. The Balaban J connectivity index is 1.44. The van der Waals surface area contributed by atoms with Gasteiger partial charge in [-0.05, 0) is 44.3 Å². The average Bonchev–Trinajstić information content (AvgIpc) is 3.29. The molecule has 2 heterocycles. The number of hydrogen-bond donors (Lipinski definition) is 2. The number of anilines is 1. The second-order valence-corrected chi connectivity index (χ2v) is 8.17. The normalized spacial score (nSPS) is 11.0. The molecule has 2 aromatic carbocycles. The fourth-order valence-corrected chi connectivity index (χ4v) is 4.19. The van der Waals surface area contributed by atoms with Crippen LogP contribution in [0.2, 0.25) is 0 Å². The molecule has 7 nitrogen and oxygen atoms in total. The number of fused-ring (bicyclic) bond motifs is 1. The molecule has 0 aliphatic carbocycles. The summed E-state index contributed by atoms with van der Waals surface area (Å²) in [5.74, 6) is 1.39. The van der Waals surface area contributed by atoms with E-state index in [1.54, 1.807) is 0 Å². The van der Waals surface area contributed by atoms with Gasteiger partial charge in [0.25, 0.3) is 0 Å². The smallest absolute Gasteiger partial charge is 0.227 e. The van der Waals surface area contributed by atoms with Gasteiger partial charge in [-0.3, -0.25) is 14.5 Å². The van der Waals surface area contributed by atoms with Gasteiger partial charge in [0.15, 0.2) is 15.7 Å². The van der Waals surface area contributed by atoms with Crippen molar-refractivity contribution in [1.82, 2.24) is 19.7 Å². The first kappa shape index (κ1) is 20.2. The van der Waals surface area contributed by atoms with E-state index in [9.17, 15) is 4.79 Å². The van der Waals surface area contributed by atoms with Crippen molar-refractivity contribution in [2.45, 2.75) is 26.8 Å². The highest BCUT2D eigenvalue weighted by Gasteiger charge is 2.12. The SMILES string of the molecule is CCOc1ccc2nc(NC(=O)CCn3c(-c4ccc(C)cc4)n[nH]c3=S)sc2c1. The summed E-state index contributed by atoms with van der Waals surface area (Å²) in [5.41, 5.74) is 2.95. The van der Waals surface area contributed by atoms with Crippen LogP contribution in [0.15, 0.2) is 42.5 Å². The molecule has 154 valence electrons. The maximum absolute atomic E-state index is 12.5. The lowest BCUT2D eigenvalue weighted by Gasteiger charge is -2.07. The van der Waals surface area contributed by atoms with Gasteiger partial charge >= 0.3 is 0 Å². The Hall–Kier alpha value is -3.04. The first-order valence-electron chi connectivity index (χ1n) is 9.59. The Morgan fingerprint density at radius 1 is 1.27 bits per heavy atom. The number of benzene rings is 2. The van der Waals surface area contributed by atoms with Gasteiger partial charge in [0.2, 0.25) is 5.91 Å². The Morgan fingerprint density at radius 2 is 2.07 bits per heavy atom. The topological polar surface area (TPSA) is 84.8 Å². The van der Waals surface area contributed by atoms with Crippen molar-refractivity contribution >= 4 is 44.8 Å². The van der Waals surface area contributed by atoms with Crippen LogP contribution in [0.5, 0.6) is 5.75 Å². The summed E-state index contributed by atoms with van der Waals surface area (Å²) in [4.78, 5) is 17.0. The molecule has 0 atom stereocenters. The van der Waals surface area contributed by atoms with Crippen molar-refractivity contribution in [2.75, 3.05) is 11.9 Å². The maximum Gasteiger partial charge on any atom is 0.227 e. The van der Waals surface area contributed by atoms with E-state index in [-0.39, 0.29) is 12.3 Å². The van der Waals surface area contributed by atoms with Crippen molar-refractivity contribution in [3.63, 3.8) is 0 Å². The molecule has 9 heteroatoms. The van der Waals surface area contributed by atoms with E-state index in [0.717, 1.165) is 27.4 Å². The summed E-state index contributed by atoms with van der Waals surface area (Å²) >= 11 is 6.77. The summed E-state index contributed by atoms with van der Waals surface area (Å²) in [6.45, 7) is 5.00. The van der Waals surface area contributed by atoms with Gasteiger partial charge < -0.3 is 10.1 Å². The molecule has 2 N–H and O–H groups in total. The highest BCUT2D eigenvalue weighted by molar-refractivity contribution is 7.71. The Morgan fingerprint density at radius 3 is 2.83 bits per heavy atom. The summed E-state index contributed by atoms with van der Waals surface area (Å²) in [5, 5.41) is 10.6. The van der Waals surface area contributed by atoms with Crippen molar-refractivity contribution < 1.29 is 9.53 Å². The van der Waals surface area contributed by atoms with Crippen LogP contribution < -0.4 is 10.1 Å². The molecule has 0 fully saturated rings. The third kappa shape index (κ3) is 4.42. The van der Waals surface area contributed by atoms with Gasteiger partial charge in [-0.2, -0.15) is 5.10 Å². The minimum Gasteiger partial charge on any atom is -0.494 e. The molecule has 0 bridgehead atoms. The molecular formula is C21H21N5O2S2. The fraction of sp³-hybridized carbons (Fsp3) is 0.238. The number of thiazole rings is 1. The number of H-pyrrole nitrogens is 1. The molecule has 0 unspecified atom stereocenters. The molecule has 0 radical (unpaired) electrons. The van der Waals surface area contributed by atoms with Crippen LogP contribution in [0.25, 0.3) is 21.6 Å². The number of aryl methyl sites for hydroxylation is 1. The number of nitrogens with zero attached hydrogens (tertiary/aromatic N) is 3. The number of carbonyl (C=O) groups excluding carboxylic acids is 1. The van der Waals surface area contributed by atoms with Gasteiger partial charge in [0.05, 0.1) is 16.8 Å². The highest BCUT2D eigenvalue weighted by Crippen LogP contribution is 2.29. The summed E-state index contributed by atoms with van der Waals surface area (Å²) in [6.07, 6.45) is 0.257. The average molecular weight is 440 g/mol. The van der Waals surface area contributed by atoms with Crippen LogP contribution in [0.1, 0.15) is 18.9 Å². The van der Waals surface area contributed by atoms with E-state index in [4.69, 9.17) is 17.0 Å². The fourth-order valence-electron chi connectivity index (χ4n) is 3.06. The van der Waals surface area contributed by atoms with Crippen LogP contribution in [0.4, 0.5) is 5.13 Å². The summed E-state index contributed by atoms with van der Waals surface area (Å²) in [7, 11) is 0. The van der Waals surface area contributed by atoms with Gasteiger partial charge in [-0.25, -0.2) is 4.98 Å². The van der Waals surface area contributed by atoms with E-state index < -0.39 is 0 Å². The number of aromatic amines is 1. The molecule has 2 aromatic heterocycles. The van der Waals surface area contributed by atoms with Crippen molar-refractivity contribution in [3.8, 4) is 17.1 Å². The number of hydrogen-bond acceptors (Lipinski definition) is 6. The largest absolute Gasteiger partial charge is 0.494 e. The second-order valence-electron chi connectivity index (χ2n) is 6.75. The molecule has 0 spiro atoms. The van der Waals surface area contributed by atoms with E-state index in [2.05, 4.69) is 20.5 Å². The number of rotatable bonds is 7. The van der Waals surface area contributed by atoms with E-state index in [1.165, 1.54) is 16.9 Å². The van der Waals surface area contributed by atoms with Crippen LogP contribution in [0.3, 0.4) is 0 Å². The Kier molecular flexibility index (Phi) is 5.91. The predicted octanol–water partition coefficient (Wildman–Crippen LogP) is 4.95. The zero-order valence-electron chi connectivity index (χ0n) is 16.6. The Bertz CT molecular complexity index is 1240. The molecule has 0 saturated heterocycles. The zero-order valence-corrected chi connectivity index (χ0v) is 18.3. The molecule has 1 amide bonds. The van der Waals surface area contributed by atoms with E-state index in [1.807, 2.05) is 60.9 Å². The van der Waals surface area contributed by atoms with Gasteiger partial charge in [0, 0.05) is 18.5 Å². The lowest BCUT2D eigenvalue weighted by molar-refractivity contribution is -0.116. The van der Waals surface area contributed by atoms with Crippen molar-refractivity contribution in [2.24, 2.45) is 0 Å². The third-order valence-corrected chi connectivity index (χ3v) is 5.79. The molecule has 0 saturated carbocycles. The number of carbonyl (C=O) groups is 1. The number of ether oxygens (including phenoxy) is 1. The molecule has 0 aliphatic rings. The second kappa shape index (κ2) is 8.76. The van der Waals surface area contributed by atoms with Crippen LogP contribution in [0, 0.1) is 11.7 Å². The quantitative estimate of drug-likeness (QED) is 0.398. The van der Waals surface area contributed by atoms with Crippen molar-refractivity contribution in [1.29, 1.82) is 0 Å². The zero-order chi connectivity index (χ0) is 21.1. The molecule has 4 aromatic rings. The maximum atomic E-state index is 12.5. The number of amides is 1. The minimum atomic E-state index is -0.128. The van der Waals surface area contributed by atoms with E-state index in [0.29, 0.717) is 23.1 Å². The number of nitrogens with one attached hydrogen (secondary N) is 2. The first-order valence-corrected chi connectivity index (χ1v) is 10.8. The minimum absolute atomic E-state index is 0.128. The lowest BCUT2D eigenvalue weighted by Crippen LogP contribution is -2.15. The molecule has 0 aliphatic heterocycles. The Labute approximate surface area is 182 Å². The standard InChI is InChI=1S/C21H21N5O2S2/c1-3-28-15-8-9-16-17(12-15)30-20(22-16)23-18(27)10-11-26-19(24-25-21(26)29)14-6-4-13(2)5-7-14/h4-9,12H,3,10-11H2,1-2H3,(H,25,29)(H,22,23,27). The van der Waals surface area contributed by atoms with Crippen molar-refractivity contribution in [3.05, 3.63) is 52.8 Å². The molecular weight excluding hydrogens is 418 g/mol. The van der Waals surface area contributed by atoms with Gasteiger partial charge in [-0.15, -0.1) is 0 Å². The monoisotopic (exact) mass is 439 g/mol. The summed E-state index contributed by atoms with van der Waals surface area (Å²) in [6, 6.07) is 13.7. The summed E-state index contributed by atoms with van der Waals surface area (Å²) < 4.78 is 8.81. The van der Waals surface area contributed by atoms with Crippen LogP contribution in [-0.4, -0.2) is 32.3 Å². The van der Waals surface area contributed by atoms with Gasteiger partial charge in [-0.1, -0.05) is 41.2 Å². The highest BCUT2D eigenvalue weighted by atomic mass is 32.1. The van der Waals surface area contributed by atoms with Crippen LogP contribution >= 0.6 is 23.6 Å². The first-order chi connectivity index (χ1) is 14.5. The molecule has 4 rings (SSSR count). The number of aromatic nitrogens is 4. The predicted molar refractivity (Wildman–Crippen MR) is 122 cm³/mol. The van der Waals surface area contributed by atoms with E-state index >= 15 is 0 Å².